The Kier molecular flexibility index (Phi) is 4.03. The number of aryl methyl sites for hydroxylation is 2. The lowest BCUT2D eigenvalue weighted by atomic mass is 10.1. The topological polar surface area (TPSA) is 99.0 Å². The van der Waals surface area contributed by atoms with E-state index < -0.39 is 5.91 Å². The fourth-order valence-corrected chi connectivity index (χ4v) is 2.40. The number of aromatic nitrogens is 3. The summed E-state index contributed by atoms with van der Waals surface area (Å²) in [6, 6.07) is 7.59. The summed E-state index contributed by atoms with van der Waals surface area (Å²) >= 11 is 0. The van der Waals surface area contributed by atoms with Crippen molar-refractivity contribution < 1.29 is 13.7 Å². The van der Waals surface area contributed by atoms with Gasteiger partial charge in [-0.2, -0.15) is 5.10 Å². The standard InChI is InChI=1S/C16H16FN5O2/c1-9-12(8-19-14-7-13(16(18)23)22(2)20-14)15(21-24-9)10-3-5-11(17)6-4-10/h3-7H,8H2,1-2H3,(H2,18,23)(H,19,20). The number of nitrogens with one attached hydrogen (secondary N) is 1. The largest absolute Gasteiger partial charge is 0.364 e. The molecule has 7 nitrogen and oxygen atoms in total. The van der Waals surface area contributed by atoms with E-state index in [9.17, 15) is 9.18 Å². The first-order valence-electron chi connectivity index (χ1n) is 7.24. The number of nitrogens with zero attached hydrogens (tertiary/aromatic N) is 3. The van der Waals surface area contributed by atoms with Gasteiger partial charge >= 0.3 is 0 Å². The second-order valence-electron chi connectivity index (χ2n) is 5.33. The molecule has 0 aliphatic heterocycles. The highest BCUT2D eigenvalue weighted by Gasteiger charge is 2.16. The number of primary amides is 1. The molecule has 0 bridgehead atoms. The highest BCUT2D eigenvalue weighted by atomic mass is 19.1. The number of hydrogen-bond donors (Lipinski definition) is 2. The van der Waals surface area contributed by atoms with E-state index in [4.69, 9.17) is 10.3 Å². The minimum Gasteiger partial charge on any atom is -0.364 e. The molecular formula is C16H16FN5O2. The van der Waals surface area contributed by atoms with Crippen molar-refractivity contribution in [3.05, 3.63) is 53.2 Å². The molecule has 24 heavy (non-hydrogen) atoms. The Balaban J connectivity index is 1.83. The SMILES string of the molecule is Cc1onc(-c2ccc(F)cc2)c1CNc1cc(C(N)=O)n(C)n1. The van der Waals surface area contributed by atoms with Crippen molar-refractivity contribution in [1.29, 1.82) is 0 Å². The van der Waals surface area contributed by atoms with Crippen LogP contribution in [0, 0.1) is 12.7 Å². The Morgan fingerprint density at radius 2 is 2.08 bits per heavy atom. The van der Waals surface area contributed by atoms with Crippen molar-refractivity contribution in [2.45, 2.75) is 13.5 Å². The van der Waals surface area contributed by atoms with Gasteiger partial charge in [0.15, 0.2) is 0 Å². The van der Waals surface area contributed by atoms with Crippen LogP contribution in [0.2, 0.25) is 0 Å². The van der Waals surface area contributed by atoms with Gasteiger partial charge in [-0.15, -0.1) is 0 Å². The van der Waals surface area contributed by atoms with E-state index in [1.54, 1.807) is 32.2 Å². The Bertz CT molecular complexity index is 883. The highest BCUT2D eigenvalue weighted by Crippen LogP contribution is 2.26. The Labute approximate surface area is 137 Å². The van der Waals surface area contributed by atoms with E-state index in [-0.39, 0.29) is 5.82 Å². The third kappa shape index (κ3) is 2.98. The van der Waals surface area contributed by atoms with Crippen LogP contribution in [0.5, 0.6) is 0 Å². The van der Waals surface area contributed by atoms with Gasteiger partial charge in [-0.05, 0) is 31.2 Å². The average molecular weight is 329 g/mol. The van der Waals surface area contributed by atoms with Crippen molar-refractivity contribution in [1.82, 2.24) is 14.9 Å². The Hall–Kier alpha value is -3.16. The quantitative estimate of drug-likeness (QED) is 0.748. The van der Waals surface area contributed by atoms with Gasteiger partial charge in [-0.3, -0.25) is 9.48 Å². The molecule has 0 saturated heterocycles. The second-order valence-corrected chi connectivity index (χ2v) is 5.33. The molecule has 0 atom stereocenters. The van der Waals surface area contributed by atoms with E-state index in [0.717, 1.165) is 11.1 Å². The summed E-state index contributed by atoms with van der Waals surface area (Å²) in [6.45, 7) is 2.18. The summed E-state index contributed by atoms with van der Waals surface area (Å²) in [7, 11) is 1.64. The van der Waals surface area contributed by atoms with Gasteiger partial charge in [0.25, 0.3) is 5.91 Å². The zero-order chi connectivity index (χ0) is 17.3. The molecule has 3 N–H and O–H groups in total. The number of halogens is 1. The molecule has 124 valence electrons. The summed E-state index contributed by atoms with van der Waals surface area (Å²) in [4.78, 5) is 11.3. The van der Waals surface area contributed by atoms with Crippen LogP contribution in [-0.4, -0.2) is 20.8 Å². The van der Waals surface area contributed by atoms with E-state index in [1.165, 1.54) is 16.8 Å². The van der Waals surface area contributed by atoms with Crippen LogP contribution >= 0.6 is 0 Å². The molecular weight excluding hydrogens is 313 g/mol. The zero-order valence-corrected chi connectivity index (χ0v) is 13.2. The lowest BCUT2D eigenvalue weighted by Crippen LogP contribution is -2.15. The number of hydrogen-bond acceptors (Lipinski definition) is 5. The second kappa shape index (κ2) is 6.15. The summed E-state index contributed by atoms with van der Waals surface area (Å²) in [5, 5.41) is 11.3. The number of rotatable bonds is 5. The van der Waals surface area contributed by atoms with Gasteiger partial charge in [0.1, 0.15) is 28.8 Å². The first-order valence-corrected chi connectivity index (χ1v) is 7.24. The van der Waals surface area contributed by atoms with Crippen LogP contribution in [0.3, 0.4) is 0 Å². The van der Waals surface area contributed by atoms with Crippen LogP contribution in [-0.2, 0) is 13.6 Å². The van der Waals surface area contributed by atoms with Crippen LogP contribution < -0.4 is 11.1 Å². The molecule has 1 aromatic carbocycles. The van der Waals surface area contributed by atoms with Crippen molar-refractivity contribution in [2.24, 2.45) is 12.8 Å². The molecule has 0 radical (unpaired) electrons. The van der Waals surface area contributed by atoms with Gasteiger partial charge in [0.05, 0.1) is 0 Å². The number of amides is 1. The Morgan fingerprint density at radius 3 is 2.71 bits per heavy atom. The van der Waals surface area contributed by atoms with E-state index in [2.05, 4.69) is 15.6 Å². The maximum Gasteiger partial charge on any atom is 0.267 e. The lowest BCUT2D eigenvalue weighted by Gasteiger charge is -2.04. The number of anilines is 1. The van der Waals surface area contributed by atoms with Crippen molar-refractivity contribution >= 4 is 11.7 Å². The van der Waals surface area contributed by atoms with Crippen LogP contribution in [0.25, 0.3) is 11.3 Å². The predicted octanol–water partition coefficient (Wildman–Crippen LogP) is 2.23. The van der Waals surface area contributed by atoms with Gasteiger partial charge in [-0.1, -0.05) is 5.16 Å². The molecule has 0 aliphatic rings. The number of carbonyl (C=O) groups excluding carboxylic acids is 1. The van der Waals surface area contributed by atoms with Crippen LogP contribution in [0.1, 0.15) is 21.8 Å². The first-order chi connectivity index (χ1) is 11.5. The minimum atomic E-state index is -0.550. The summed E-state index contributed by atoms with van der Waals surface area (Å²) in [6.07, 6.45) is 0. The summed E-state index contributed by atoms with van der Waals surface area (Å²) in [5.74, 6) is 0.294. The molecule has 0 fully saturated rings. The maximum absolute atomic E-state index is 13.1. The molecule has 8 heteroatoms. The smallest absolute Gasteiger partial charge is 0.267 e. The Morgan fingerprint density at radius 1 is 1.38 bits per heavy atom. The van der Waals surface area contributed by atoms with E-state index in [1.807, 2.05) is 0 Å². The molecule has 0 aliphatic carbocycles. The normalized spacial score (nSPS) is 10.8. The van der Waals surface area contributed by atoms with Gasteiger partial charge in [-0.25, -0.2) is 4.39 Å². The first kappa shape index (κ1) is 15.7. The van der Waals surface area contributed by atoms with Gasteiger partial charge in [0, 0.05) is 30.8 Å². The predicted molar refractivity (Wildman–Crippen MR) is 85.7 cm³/mol. The van der Waals surface area contributed by atoms with E-state index in [0.29, 0.717) is 29.5 Å². The number of benzene rings is 1. The fraction of sp³-hybridized carbons (Fsp3) is 0.188. The maximum atomic E-state index is 13.1. The summed E-state index contributed by atoms with van der Waals surface area (Å²) in [5.41, 5.74) is 7.79. The number of carbonyl (C=O) groups is 1. The summed E-state index contributed by atoms with van der Waals surface area (Å²) < 4.78 is 19.7. The average Bonchev–Trinajstić information content (AvgIpc) is 3.09. The van der Waals surface area contributed by atoms with Crippen molar-refractivity contribution in [3.8, 4) is 11.3 Å². The minimum absolute atomic E-state index is 0.304. The molecule has 1 amide bonds. The number of nitrogens with two attached hydrogens (primary N) is 1. The third-order valence-electron chi connectivity index (χ3n) is 3.68. The lowest BCUT2D eigenvalue weighted by molar-refractivity contribution is 0.0991. The molecule has 0 spiro atoms. The van der Waals surface area contributed by atoms with E-state index >= 15 is 0 Å². The molecule has 2 aromatic heterocycles. The van der Waals surface area contributed by atoms with Crippen molar-refractivity contribution in [3.63, 3.8) is 0 Å². The van der Waals surface area contributed by atoms with Crippen molar-refractivity contribution in [2.75, 3.05) is 5.32 Å². The van der Waals surface area contributed by atoms with Gasteiger partial charge in [0.2, 0.25) is 0 Å². The fourth-order valence-electron chi connectivity index (χ4n) is 2.40. The third-order valence-corrected chi connectivity index (χ3v) is 3.68. The molecule has 0 unspecified atom stereocenters. The highest BCUT2D eigenvalue weighted by molar-refractivity contribution is 5.91. The van der Waals surface area contributed by atoms with Crippen LogP contribution in [0.15, 0.2) is 34.9 Å². The van der Waals surface area contributed by atoms with Gasteiger partial charge < -0.3 is 15.6 Å². The van der Waals surface area contributed by atoms with Crippen LogP contribution in [0.4, 0.5) is 10.2 Å². The monoisotopic (exact) mass is 329 g/mol. The zero-order valence-electron chi connectivity index (χ0n) is 13.2. The molecule has 0 saturated carbocycles. The molecule has 2 heterocycles. The molecule has 3 rings (SSSR count). The molecule has 3 aromatic rings.